The van der Waals surface area contributed by atoms with Crippen LogP contribution in [-0.2, 0) is 11.3 Å². The number of benzene rings is 1. The molecule has 1 atom stereocenters. The lowest BCUT2D eigenvalue weighted by atomic mass is 10.2. The minimum Gasteiger partial charge on any atom is -0.370 e. The second-order valence-corrected chi connectivity index (χ2v) is 4.51. The van der Waals surface area contributed by atoms with Crippen LogP contribution >= 0.6 is 0 Å². The van der Waals surface area contributed by atoms with Gasteiger partial charge in [-0.05, 0) is 12.5 Å². The summed E-state index contributed by atoms with van der Waals surface area (Å²) in [5, 5.41) is 2.85. The van der Waals surface area contributed by atoms with E-state index in [1.54, 1.807) is 0 Å². The van der Waals surface area contributed by atoms with Gasteiger partial charge in [-0.25, -0.2) is 4.99 Å². The smallest absolute Gasteiger partial charge is 0.239 e. The minimum absolute atomic E-state index is 0.00777. The molecule has 1 heterocycles. The number of nitrogens with two attached hydrogens (primary N) is 1. The number of carbonyl (C=O) groups excluding carboxylic acids is 1. The highest BCUT2D eigenvalue weighted by atomic mass is 16.2. The van der Waals surface area contributed by atoms with Crippen LogP contribution in [0.5, 0.6) is 0 Å². The molecule has 18 heavy (non-hydrogen) atoms. The first-order valence-corrected chi connectivity index (χ1v) is 6.03. The summed E-state index contributed by atoms with van der Waals surface area (Å²) in [4.78, 5) is 17.5. The van der Waals surface area contributed by atoms with Crippen LogP contribution in [-0.4, -0.2) is 35.9 Å². The summed E-state index contributed by atoms with van der Waals surface area (Å²) in [6.45, 7) is 3.48. The molecule has 5 nitrogen and oxygen atoms in total. The van der Waals surface area contributed by atoms with Crippen LogP contribution in [0.2, 0.25) is 0 Å². The van der Waals surface area contributed by atoms with Crippen molar-refractivity contribution in [3.63, 3.8) is 0 Å². The highest BCUT2D eigenvalue weighted by Crippen LogP contribution is 2.03. The molecule has 0 saturated carbocycles. The SMILES string of the molecule is CC1CN(C(N)=NCc2ccccc2)CC(=O)N1. The molecule has 0 bridgehead atoms. The molecule has 1 aromatic rings. The summed E-state index contributed by atoms with van der Waals surface area (Å²) >= 11 is 0. The van der Waals surface area contributed by atoms with Crippen molar-refractivity contribution in [3.05, 3.63) is 35.9 Å². The van der Waals surface area contributed by atoms with E-state index in [0.717, 1.165) is 5.56 Å². The van der Waals surface area contributed by atoms with Crippen LogP contribution in [0.1, 0.15) is 12.5 Å². The van der Waals surface area contributed by atoms with E-state index in [4.69, 9.17) is 5.73 Å². The van der Waals surface area contributed by atoms with Crippen LogP contribution in [0.3, 0.4) is 0 Å². The summed E-state index contributed by atoms with van der Waals surface area (Å²) in [7, 11) is 0. The average molecular weight is 246 g/mol. The van der Waals surface area contributed by atoms with E-state index in [9.17, 15) is 4.79 Å². The van der Waals surface area contributed by atoms with Crippen LogP contribution in [0, 0.1) is 0 Å². The van der Waals surface area contributed by atoms with E-state index >= 15 is 0 Å². The van der Waals surface area contributed by atoms with Crippen molar-refractivity contribution in [2.75, 3.05) is 13.1 Å². The fourth-order valence-electron chi connectivity index (χ4n) is 1.96. The van der Waals surface area contributed by atoms with Gasteiger partial charge in [0.25, 0.3) is 0 Å². The molecule has 5 heteroatoms. The number of carbonyl (C=O) groups is 1. The van der Waals surface area contributed by atoms with Crippen LogP contribution < -0.4 is 11.1 Å². The van der Waals surface area contributed by atoms with Crippen molar-refractivity contribution in [2.45, 2.75) is 19.5 Å². The largest absolute Gasteiger partial charge is 0.370 e. The number of hydrogen-bond donors (Lipinski definition) is 2. The maximum absolute atomic E-state index is 11.4. The van der Waals surface area contributed by atoms with E-state index in [0.29, 0.717) is 19.0 Å². The number of piperazine rings is 1. The highest BCUT2D eigenvalue weighted by Gasteiger charge is 2.22. The fraction of sp³-hybridized carbons (Fsp3) is 0.385. The van der Waals surface area contributed by atoms with Gasteiger partial charge in [-0.3, -0.25) is 4.79 Å². The first kappa shape index (κ1) is 12.4. The lowest BCUT2D eigenvalue weighted by Gasteiger charge is -2.31. The van der Waals surface area contributed by atoms with E-state index < -0.39 is 0 Å². The maximum Gasteiger partial charge on any atom is 0.239 e. The molecule has 1 aliphatic heterocycles. The maximum atomic E-state index is 11.4. The van der Waals surface area contributed by atoms with Crippen LogP contribution in [0.4, 0.5) is 0 Å². The molecule has 1 amide bonds. The zero-order valence-electron chi connectivity index (χ0n) is 10.5. The Balaban J connectivity index is 1.98. The number of nitrogens with one attached hydrogen (secondary N) is 1. The molecule has 0 aliphatic carbocycles. The van der Waals surface area contributed by atoms with Gasteiger partial charge in [-0.15, -0.1) is 0 Å². The Kier molecular flexibility index (Phi) is 3.82. The Morgan fingerprint density at radius 1 is 1.50 bits per heavy atom. The molecule has 1 unspecified atom stereocenters. The molecule has 1 aliphatic rings. The van der Waals surface area contributed by atoms with Gasteiger partial charge in [0.15, 0.2) is 5.96 Å². The summed E-state index contributed by atoms with van der Waals surface area (Å²) < 4.78 is 0. The van der Waals surface area contributed by atoms with Gasteiger partial charge in [0.05, 0.1) is 13.1 Å². The first-order valence-electron chi connectivity index (χ1n) is 6.03. The van der Waals surface area contributed by atoms with E-state index in [2.05, 4.69) is 10.3 Å². The van der Waals surface area contributed by atoms with Gasteiger partial charge in [0.2, 0.25) is 5.91 Å². The summed E-state index contributed by atoms with van der Waals surface area (Å²) in [5.41, 5.74) is 7.02. The van der Waals surface area contributed by atoms with Gasteiger partial charge in [0, 0.05) is 12.6 Å². The molecule has 3 N–H and O–H groups in total. The van der Waals surface area contributed by atoms with Crippen molar-refractivity contribution in [2.24, 2.45) is 10.7 Å². The molecule has 0 radical (unpaired) electrons. The van der Waals surface area contributed by atoms with Gasteiger partial charge in [-0.2, -0.15) is 0 Å². The Labute approximate surface area is 107 Å². The number of guanidine groups is 1. The number of nitrogens with zero attached hydrogens (tertiary/aromatic N) is 2. The van der Waals surface area contributed by atoms with Gasteiger partial charge < -0.3 is 16.0 Å². The highest BCUT2D eigenvalue weighted by molar-refractivity contribution is 5.87. The monoisotopic (exact) mass is 246 g/mol. The molecule has 2 rings (SSSR count). The number of rotatable bonds is 2. The Morgan fingerprint density at radius 3 is 2.89 bits per heavy atom. The van der Waals surface area contributed by atoms with Crippen molar-refractivity contribution < 1.29 is 4.79 Å². The topological polar surface area (TPSA) is 70.7 Å². The number of aliphatic imine (C=N–C) groups is 1. The molecule has 1 fully saturated rings. The van der Waals surface area contributed by atoms with E-state index in [-0.39, 0.29) is 18.5 Å². The second kappa shape index (κ2) is 5.53. The van der Waals surface area contributed by atoms with Crippen LogP contribution in [0.15, 0.2) is 35.3 Å². The third-order valence-corrected chi connectivity index (χ3v) is 2.83. The number of amides is 1. The van der Waals surface area contributed by atoms with Crippen LogP contribution in [0.25, 0.3) is 0 Å². The Bertz CT molecular complexity index is 444. The van der Waals surface area contributed by atoms with Gasteiger partial charge in [-0.1, -0.05) is 30.3 Å². The Hall–Kier alpha value is -2.04. The summed E-state index contributed by atoms with van der Waals surface area (Å²) in [5.74, 6) is 0.423. The molecule has 96 valence electrons. The van der Waals surface area contributed by atoms with Gasteiger partial charge in [0.1, 0.15) is 0 Å². The molecular weight excluding hydrogens is 228 g/mol. The second-order valence-electron chi connectivity index (χ2n) is 4.51. The molecular formula is C13H18N4O. The minimum atomic E-state index is -0.00777. The predicted octanol–water partition coefficient (Wildman–Crippen LogP) is 0.322. The van der Waals surface area contributed by atoms with Crippen molar-refractivity contribution in [3.8, 4) is 0 Å². The lowest BCUT2D eigenvalue weighted by molar-refractivity contribution is -0.123. The quantitative estimate of drug-likeness (QED) is 0.583. The standard InChI is InChI=1S/C13H18N4O/c1-10-8-17(9-12(18)16-10)13(14)15-7-11-5-3-2-4-6-11/h2-6,10H,7-9H2,1H3,(H2,14,15)(H,16,18). The lowest BCUT2D eigenvalue weighted by Crippen LogP contribution is -2.56. The van der Waals surface area contributed by atoms with Crippen molar-refractivity contribution in [1.29, 1.82) is 0 Å². The molecule has 0 spiro atoms. The fourth-order valence-corrected chi connectivity index (χ4v) is 1.96. The Morgan fingerprint density at radius 2 is 2.22 bits per heavy atom. The molecule has 1 saturated heterocycles. The molecule has 0 aromatic heterocycles. The normalized spacial score (nSPS) is 20.7. The third-order valence-electron chi connectivity index (χ3n) is 2.83. The number of hydrogen-bond acceptors (Lipinski definition) is 2. The average Bonchev–Trinajstić information content (AvgIpc) is 2.36. The van der Waals surface area contributed by atoms with Gasteiger partial charge >= 0.3 is 0 Å². The van der Waals surface area contributed by atoms with E-state index in [1.807, 2.05) is 42.2 Å². The van der Waals surface area contributed by atoms with Crippen molar-refractivity contribution in [1.82, 2.24) is 10.2 Å². The summed E-state index contributed by atoms with van der Waals surface area (Å²) in [6, 6.07) is 10.0. The summed E-state index contributed by atoms with van der Waals surface area (Å²) in [6.07, 6.45) is 0. The molecule has 1 aromatic carbocycles. The zero-order valence-corrected chi connectivity index (χ0v) is 10.5. The third kappa shape index (κ3) is 3.23. The predicted molar refractivity (Wildman–Crippen MR) is 70.9 cm³/mol. The zero-order chi connectivity index (χ0) is 13.0. The van der Waals surface area contributed by atoms with Crippen molar-refractivity contribution >= 4 is 11.9 Å². The first-order chi connectivity index (χ1) is 8.65. The van der Waals surface area contributed by atoms with E-state index in [1.165, 1.54) is 0 Å².